The topological polar surface area (TPSA) is 72.4 Å². The van der Waals surface area contributed by atoms with Crippen LogP contribution in [-0.2, 0) is 10.5 Å². The number of hydrogen-bond donors (Lipinski definition) is 1. The molecule has 32 heavy (non-hydrogen) atoms. The van der Waals surface area contributed by atoms with Crippen molar-refractivity contribution in [2.75, 3.05) is 19.5 Å². The van der Waals surface area contributed by atoms with Crippen LogP contribution in [0.2, 0.25) is 0 Å². The molecule has 0 fully saturated rings. The lowest BCUT2D eigenvalue weighted by Gasteiger charge is -2.43. The number of benzene rings is 3. The summed E-state index contributed by atoms with van der Waals surface area (Å²) in [7, 11) is 3.25. The first kappa shape index (κ1) is 18.7. The molecule has 0 aromatic heterocycles. The molecular weight excluding hydrogens is 406 g/mol. The van der Waals surface area contributed by atoms with Crippen LogP contribution in [0.3, 0.4) is 0 Å². The zero-order chi connectivity index (χ0) is 21.9. The number of carbonyl (C=O) groups is 1. The predicted octanol–water partition coefficient (Wildman–Crippen LogP) is 4.05. The van der Waals surface area contributed by atoms with E-state index >= 15 is 0 Å². The quantitative estimate of drug-likeness (QED) is 0.683. The van der Waals surface area contributed by atoms with Gasteiger partial charge in [0.25, 0.3) is 5.91 Å². The summed E-state index contributed by atoms with van der Waals surface area (Å²) in [5.41, 5.74) is 2.82. The number of fused-ring (bicyclic) bond motifs is 6. The number of hydrogen-bond acceptors (Lipinski definition) is 6. The van der Waals surface area contributed by atoms with E-state index in [1.807, 2.05) is 71.7 Å². The van der Waals surface area contributed by atoms with E-state index in [1.54, 1.807) is 14.2 Å². The molecule has 1 amide bonds. The number of amides is 1. The Morgan fingerprint density at radius 1 is 1.06 bits per heavy atom. The molecule has 0 aliphatic carbocycles. The highest BCUT2D eigenvalue weighted by Crippen LogP contribution is 2.54. The first-order chi connectivity index (χ1) is 15.7. The van der Waals surface area contributed by atoms with Crippen molar-refractivity contribution in [2.45, 2.75) is 18.2 Å². The second-order valence-corrected chi connectivity index (χ2v) is 7.96. The molecule has 7 heteroatoms. The Labute approximate surface area is 185 Å². The molecule has 0 unspecified atom stereocenters. The Bertz CT molecular complexity index is 1290. The average molecular weight is 427 g/mol. The molecule has 3 aliphatic heterocycles. The van der Waals surface area contributed by atoms with Gasteiger partial charge in [-0.15, -0.1) is 0 Å². The summed E-state index contributed by atoms with van der Waals surface area (Å²) in [5.74, 6) is 1.82. The van der Waals surface area contributed by atoms with E-state index in [0.29, 0.717) is 23.7 Å². The average Bonchev–Trinajstić information content (AvgIpc) is 3.40. The van der Waals surface area contributed by atoms with Crippen molar-refractivity contribution in [3.8, 4) is 17.2 Å². The van der Waals surface area contributed by atoms with Crippen LogP contribution >= 0.6 is 0 Å². The highest BCUT2D eigenvalue weighted by Gasteiger charge is 2.60. The standard InChI is InChI=1S/C25H21N3O4/c1-30-15-11-12-16(23(13-15)31-2)20-14-21-17-7-3-6-10-22(17)32-25(28(21)27-20)18-8-4-5-9-19(18)26-24(25)29/h3-13,21H,14H2,1-2H3,(H,26,29)/t21-,25-/m0/s1. The summed E-state index contributed by atoms with van der Waals surface area (Å²) < 4.78 is 17.4. The fourth-order valence-electron chi connectivity index (χ4n) is 4.84. The van der Waals surface area contributed by atoms with Gasteiger partial charge in [0.1, 0.15) is 17.2 Å². The first-order valence-corrected chi connectivity index (χ1v) is 10.4. The predicted molar refractivity (Wildman–Crippen MR) is 119 cm³/mol. The van der Waals surface area contributed by atoms with Crippen molar-refractivity contribution < 1.29 is 19.0 Å². The minimum Gasteiger partial charge on any atom is -0.497 e. The van der Waals surface area contributed by atoms with Crippen molar-refractivity contribution >= 4 is 17.3 Å². The zero-order valence-electron chi connectivity index (χ0n) is 17.7. The molecule has 6 rings (SSSR count). The van der Waals surface area contributed by atoms with Gasteiger partial charge in [0.05, 0.1) is 37.2 Å². The molecule has 3 heterocycles. The minimum absolute atomic E-state index is 0.154. The summed E-state index contributed by atoms with van der Waals surface area (Å²) in [6.07, 6.45) is 0.611. The number of para-hydroxylation sites is 2. The maximum atomic E-state index is 13.4. The molecule has 2 atom stereocenters. The van der Waals surface area contributed by atoms with Gasteiger partial charge in [-0.3, -0.25) is 4.79 Å². The largest absolute Gasteiger partial charge is 0.497 e. The van der Waals surface area contributed by atoms with Gasteiger partial charge < -0.3 is 19.5 Å². The van der Waals surface area contributed by atoms with Crippen LogP contribution in [0.5, 0.6) is 17.2 Å². The summed E-state index contributed by atoms with van der Waals surface area (Å²) in [6, 6.07) is 21.0. The first-order valence-electron chi connectivity index (χ1n) is 10.4. The van der Waals surface area contributed by atoms with E-state index in [-0.39, 0.29) is 11.9 Å². The molecule has 3 aliphatic rings. The van der Waals surface area contributed by atoms with Crippen molar-refractivity contribution in [3.05, 3.63) is 83.4 Å². The minimum atomic E-state index is -1.36. The van der Waals surface area contributed by atoms with Crippen LogP contribution in [0, 0.1) is 0 Å². The van der Waals surface area contributed by atoms with Crippen LogP contribution in [0.25, 0.3) is 0 Å². The molecule has 1 spiro atoms. The Morgan fingerprint density at radius 3 is 2.72 bits per heavy atom. The third-order valence-electron chi connectivity index (χ3n) is 6.34. The highest BCUT2D eigenvalue weighted by atomic mass is 16.5. The van der Waals surface area contributed by atoms with Crippen molar-refractivity contribution in [1.82, 2.24) is 5.01 Å². The fourth-order valence-corrected chi connectivity index (χ4v) is 4.84. The molecule has 0 saturated heterocycles. The number of nitrogens with one attached hydrogen (secondary N) is 1. The molecule has 0 bridgehead atoms. The lowest BCUT2D eigenvalue weighted by atomic mass is 9.92. The molecule has 3 aromatic rings. The lowest BCUT2D eigenvalue weighted by Crippen LogP contribution is -2.55. The SMILES string of the molecule is COc1ccc(C2=NN3[C@@H](C2)c2ccccc2O[C@@]32C(=O)Nc3ccccc32)c(OC)c1. The normalized spacial score (nSPS) is 22.4. The van der Waals surface area contributed by atoms with E-state index < -0.39 is 5.72 Å². The van der Waals surface area contributed by atoms with Gasteiger partial charge in [-0.05, 0) is 24.3 Å². The van der Waals surface area contributed by atoms with Gasteiger partial charge in [0, 0.05) is 23.6 Å². The summed E-state index contributed by atoms with van der Waals surface area (Å²) in [5, 5.41) is 9.76. The van der Waals surface area contributed by atoms with Gasteiger partial charge >= 0.3 is 5.72 Å². The second kappa shape index (κ2) is 6.75. The van der Waals surface area contributed by atoms with E-state index in [0.717, 1.165) is 28.1 Å². The Kier molecular flexibility index (Phi) is 3.95. The summed E-state index contributed by atoms with van der Waals surface area (Å²) in [6.45, 7) is 0. The molecule has 3 aromatic carbocycles. The number of carbonyl (C=O) groups excluding carboxylic acids is 1. The van der Waals surface area contributed by atoms with E-state index in [9.17, 15) is 4.79 Å². The molecule has 1 N–H and O–H groups in total. The maximum Gasteiger partial charge on any atom is 0.306 e. The monoisotopic (exact) mass is 427 g/mol. The molecular formula is C25H21N3O4. The number of anilines is 1. The van der Waals surface area contributed by atoms with Gasteiger partial charge in [-0.1, -0.05) is 36.4 Å². The summed E-state index contributed by atoms with van der Waals surface area (Å²) in [4.78, 5) is 13.4. The van der Waals surface area contributed by atoms with Gasteiger partial charge in [-0.25, -0.2) is 5.01 Å². The fraction of sp³-hybridized carbons (Fsp3) is 0.200. The van der Waals surface area contributed by atoms with E-state index in [2.05, 4.69) is 5.32 Å². The summed E-state index contributed by atoms with van der Waals surface area (Å²) >= 11 is 0. The number of methoxy groups -OCH3 is 2. The smallest absolute Gasteiger partial charge is 0.306 e. The zero-order valence-corrected chi connectivity index (χ0v) is 17.7. The number of nitrogens with zero attached hydrogens (tertiary/aromatic N) is 2. The van der Waals surface area contributed by atoms with Crippen molar-refractivity contribution in [3.63, 3.8) is 0 Å². The third kappa shape index (κ3) is 2.42. The Hall–Kier alpha value is -4.00. The van der Waals surface area contributed by atoms with Crippen molar-refractivity contribution in [1.29, 1.82) is 0 Å². The molecule has 7 nitrogen and oxygen atoms in total. The van der Waals surface area contributed by atoms with Gasteiger partial charge in [-0.2, -0.15) is 5.10 Å². The van der Waals surface area contributed by atoms with Crippen LogP contribution in [0.4, 0.5) is 5.69 Å². The number of ether oxygens (including phenoxy) is 3. The third-order valence-corrected chi connectivity index (χ3v) is 6.34. The molecule has 0 saturated carbocycles. The maximum absolute atomic E-state index is 13.4. The molecule has 0 radical (unpaired) electrons. The highest BCUT2D eigenvalue weighted by molar-refractivity contribution is 6.07. The van der Waals surface area contributed by atoms with Crippen LogP contribution in [0.1, 0.15) is 29.2 Å². The van der Waals surface area contributed by atoms with Crippen molar-refractivity contribution in [2.24, 2.45) is 5.10 Å². The van der Waals surface area contributed by atoms with E-state index in [4.69, 9.17) is 19.3 Å². The number of rotatable bonds is 3. The second-order valence-electron chi connectivity index (χ2n) is 7.96. The van der Waals surface area contributed by atoms with Gasteiger partial charge in [0.15, 0.2) is 0 Å². The lowest BCUT2D eigenvalue weighted by molar-refractivity contribution is -0.161. The van der Waals surface area contributed by atoms with Crippen LogP contribution in [0.15, 0.2) is 71.8 Å². The van der Waals surface area contributed by atoms with Crippen LogP contribution < -0.4 is 19.5 Å². The van der Waals surface area contributed by atoms with Gasteiger partial charge in [0.2, 0.25) is 0 Å². The van der Waals surface area contributed by atoms with Crippen LogP contribution in [-0.4, -0.2) is 30.8 Å². The van der Waals surface area contributed by atoms with E-state index in [1.165, 1.54) is 0 Å². The molecule has 160 valence electrons. The Balaban J connectivity index is 1.55. The number of hydrazone groups is 1. The Morgan fingerprint density at radius 2 is 1.88 bits per heavy atom.